The molecule has 3 nitrogen and oxygen atoms in total. The Bertz CT molecular complexity index is 368. The summed E-state index contributed by atoms with van der Waals surface area (Å²) < 4.78 is 1.97. The molecule has 2 N–H and O–H groups in total. The van der Waals surface area contributed by atoms with Gasteiger partial charge in [0.2, 0.25) is 0 Å². The highest BCUT2D eigenvalue weighted by Crippen LogP contribution is 2.04. The lowest BCUT2D eigenvalue weighted by molar-refractivity contribution is 0.598. The van der Waals surface area contributed by atoms with Crippen LogP contribution < -0.4 is 5.73 Å². The Morgan fingerprint density at radius 1 is 1.44 bits per heavy atom. The molecule has 88 valence electrons. The lowest BCUT2D eigenvalue weighted by Crippen LogP contribution is -1.96. The summed E-state index contributed by atoms with van der Waals surface area (Å²) in [6, 6.07) is 0. The molecule has 0 radical (unpaired) electrons. The minimum atomic E-state index is 0.759. The second kappa shape index (κ2) is 7.08. The molecule has 16 heavy (non-hydrogen) atoms. The first-order valence-electron chi connectivity index (χ1n) is 6.01. The van der Waals surface area contributed by atoms with Crippen LogP contribution in [0.5, 0.6) is 0 Å². The molecular formula is C13H21N3. The van der Waals surface area contributed by atoms with Crippen LogP contribution in [0.3, 0.4) is 0 Å². The fourth-order valence-electron chi connectivity index (χ4n) is 1.50. The van der Waals surface area contributed by atoms with Gasteiger partial charge in [-0.1, -0.05) is 18.8 Å². The predicted octanol–water partition coefficient (Wildman–Crippen LogP) is 2.08. The summed E-state index contributed by atoms with van der Waals surface area (Å²) in [6.07, 6.45) is 6.21. The number of nitrogens with zero attached hydrogens (tertiary/aromatic N) is 2. The average Bonchev–Trinajstić information content (AvgIpc) is 2.60. The molecule has 1 heterocycles. The molecule has 0 aliphatic heterocycles. The van der Waals surface area contributed by atoms with E-state index in [4.69, 9.17) is 5.73 Å². The maximum atomic E-state index is 5.42. The molecule has 0 bridgehead atoms. The maximum Gasteiger partial charge on any atom is 0.0750 e. The second-order valence-electron chi connectivity index (χ2n) is 3.94. The summed E-state index contributed by atoms with van der Waals surface area (Å²) in [5.74, 6) is 6.35. The molecule has 0 fully saturated rings. The Balaban J connectivity index is 2.52. The first-order valence-corrected chi connectivity index (χ1v) is 6.01. The van der Waals surface area contributed by atoms with E-state index in [1.54, 1.807) is 0 Å². The van der Waals surface area contributed by atoms with Crippen molar-refractivity contribution >= 4 is 0 Å². The molecule has 0 atom stereocenters. The second-order valence-corrected chi connectivity index (χ2v) is 3.94. The normalized spacial score (nSPS) is 9.94. The molecule has 0 aliphatic rings. The number of hydrogen-bond donors (Lipinski definition) is 1. The third kappa shape index (κ3) is 4.08. The fourth-order valence-corrected chi connectivity index (χ4v) is 1.50. The van der Waals surface area contributed by atoms with Crippen molar-refractivity contribution in [2.45, 2.75) is 46.1 Å². The van der Waals surface area contributed by atoms with E-state index in [1.165, 1.54) is 0 Å². The summed E-state index contributed by atoms with van der Waals surface area (Å²) in [7, 11) is 0. The Morgan fingerprint density at radius 3 is 2.94 bits per heavy atom. The van der Waals surface area contributed by atoms with Crippen LogP contribution in [-0.4, -0.2) is 16.3 Å². The number of rotatable bonds is 5. The molecule has 0 unspecified atom stereocenters. The van der Waals surface area contributed by atoms with E-state index in [2.05, 4.69) is 23.9 Å². The molecule has 1 aromatic heterocycles. The summed E-state index contributed by atoms with van der Waals surface area (Å²) in [4.78, 5) is 0. The van der Waals surface area contributed by atoms with Crippen LogP contribution in [0, 0.1) is 18.8 Å². The van der Waals surface area contributed by atoms with Gasteiger partial charge in [-0.15, -0.1) is 0 Å². The topological polar surface area (TPSA) is 43.8 Å². The number of aryl methyl sites for hydroxylation is 2. The standard InChI is InChI=1S/C13H21N3/c1-3-10-16-11-13(12(2)15-16)8-6-4-5-7-9-14/h11H,3-5,7,9-10,14H2,1-2H3. The van der Waals surface area contributed by atoms with Gasteiger partial charge >= 0.3 is 0 Å². The molecule has 0 spiro atoms. The molecule has 0 aromatic carbocycles. The van der Waals surface area contributed by atoms with Gasteiger partial charge in [0.05, 0.1) is 11.3 Å². The largest absolute Gasteiger partial charge is 0.330 e. The van der Waals surface area contributed by atoms with E-state index in [0.29, 0.717) is 0 Å². The molecule has 3 heteroatoms. The van der Waals surface area contributed by atoms with Crippen molar-refractivity contribution in [1.82, 2.24) is 9.78 Å². The van der Waals surface area contributed by atoms with Crippen LogP contribution >= 0.6 is 0 Å². The fraction of sp³-hybridized carbons (Fsp3) is 0.615. The first-order chi connectivity index (χ1) is 7.77. The van der Waals surface area contributed by atoms with Gasteiger partial charge in [0.1, 0.15) is 0 Å². The zero-order valence-corrected chi connectivity index (χ0v) is 10.3. The summed E-state index contributed by atoms with van der Waals surface area (Å²) >= 11 is 0. The van der Waals surface area contributed by atoms with Crippen LogP contribution in [0.2, 0.25) is 0 Å². The highest BCUT2D eigenvalue weighted by atomic mass is 15.3. The van der Waals surface area contributed by atoms with E-state index >= 15 is 0 Å². The third-order valence-corrected chi connectivity index (χ3v) is 2.38. The first kappa shape index (κ1) is 12.8. The smallest absolute Gasteiger partial charge is 0.0750 e. The van der Waals surface area contributed by atoms with Gasteiger partial charge in [0.15, 0.2) is 0 Å². The van der Waals surface area contributed by atoms with Gasteiger partial charge < -0.3 is 5.73 Å². The van der Waals surface area contributed by atoms with Crippen LogP contribution in [0.4, 0.5) is 0 Å². The molecule has 0 aliphatic carbocycles. The third-order valence-electron chi connectivity index (χ3n) is 2.38. The maximum absolute atomic E-state index is 5.42. The molecule has 1 aromatic rings. The molecular weight excluding hydrogens is 198 g/mol. The van der Waals surface area contributed by atoms with Crippen molar-refractivity contribution in [2.24, 2.45) is 5.73 Å². The van der Waals surface area contributed by atoms with Crippen molar-refractivity contribution in [3.8, 4) is 11.8 Å². The van der Waals surface area contributed by atoms with Gasteiger partial charge in [-0.05, 0) is 32.7 Å². The zero-order chi connectivity index (χ0) is 11.8. The Morgan fingerprint density at radius 2 is 2.25 bits per heavy atom. The average molecular weight is 219 g/mol. The van der Waals surface area contributed by atoms with Gasteiger partial charge in [-0.3, -0.25) is 4.68 Å². The lowest BCUT2D eigenvalue weighted by Gasteiger charge is -1.93. The van der Waals surface area contributed by atoms with Gasteiger partial charge in [-0.2, -0.15) is 5.10 Å². The summed E-state index contributed by atoms with van der Waals surface area (Å²) in [6.45, 7) is 5.88. The van der Waals surface area contributed by atoms with Crippen LogP contribution in [-0.2, 0) is 6.54 Å². The van der Waals surface area contributed by atoms with E-state index in [1.807, 2.05) is 17.8 Å². The van der Waals surface area contributed by atoms with Gasteiger partial charge in [-0.25, -0.2) is 0 Å². The molecule has 0 amide bonds. The van der Waals surface area contributed by atoms with Crippen molar-refractivity contribution in [3.63, 3.8) is 0 Å². The van der Waals surface area contributed by atoms with Crippen molar-refractivity contribution < 1.29 is 0 Å². The Labute approximate surface area is 98.0 Å². The highest BCUT2D eigenvalue weighted by molar-refractivity contribution is 5.35. The summed E-state index contributed by atoms with van der Waals surface area (Å²) in [5, 5.41) is 4.41. The summed E-state index contributed by atoms with van der Waals surface area (Å²) in [5.41, 5.74) is 7.51. The van der Waals surface area contributed by atoms with E-state index < -0.39 is 0 Å². The van der Waals surface area contributed by atoms with E-state index in [-0.39, 0.29) is 0 Å². The minimum absolute atomic E-state index is 0.759. The zero-order valence-electron chi connectivity index (χ0n) is 10.3. The number of nitrogens with two attached hydrogens (primary N) is 1. The highest BCUT2D eigenvalue weighted by Gasteiger charge is 2.00. The van der Waals surface area contributed by atoms with Gasteiger partial charge in [0, 0.05) is 19.2 Å². The monoisotopic (exact) mass is 219 g/mol. The molecule has 0 saturated heterocycles. The number of unbranched alkanes of at least 4 members (excludes halogenated alkanes) is 2. The van der Waals surface area contributed by atoms with Gasteiger partial charge in [0.25, 0.3) is 0 Å². The SMILES string of the molecule is CCCn1cc(C#CCCCCN)c(C)n1. The lowest BCUT2D eigenvalue weighted by atomic mass is 10.2. The molecule has 0 saturated carbocycles. The Kier molecular flexibility index (Phi) is 5.66. The predicted molar refractivity (Wildman–Crippen MR) is 67.0 cm³/mol. The van der Waals surface area contributed by atoms with Crippen LogP contribution in [0.1, 0.15) is 43.9 Å². The van der Waals surface area contributed by atoms with Crippen molar-refractivity contribution in [2.75, 3.05) is 6.54 Å². The number of aromatic nitrogens is 2. The van der Waals surface area contributed by atoms with Crippen molar-refractivity contribution in [3.05, 3.63) is 17.5 Å². The van der Waals surface area contributed by atoms with E-state index in [9.17, 15) is 0 Å². The Hall–Kier alpha value is -1.27. The quantitative estimate of drug-likeness (QED) is 0.608. The molecule has 1 rings (SSSR count). The van der Waals surface area contributed by atoms with Crippen molar-refractivity contribution in [1.29, 1.82) is 0 Å². The van der Waals surface area contributed by atoms with E-state index in [0.717, 1.165) is 50.0 Å². The number of hydrogen-bond acceptors (Lipinski definition) is 2. The van der Waals surface area contributed by atoms with Crippen LogP contribution in [0.25, 0.3) is 0 Å². The van der Waals surface area contributed by atoms with Crippen LogP contribution in [0.15, 0.2) is 6.20 Å². The minimum Gasteiger partial charge on any atom is -0.330 e.